The third-order valence-corrected chi connectivity index (χ3v) is 4.51. The SMILES string of the molecule is CC(C)(C)OC(=O)Nc1ccc(Sc2nn(N)c(=O)c3ccccc23)cc1. The minimum Gasteiger partial charge on any atom is -0.444 e. The van der Waals surface area contributed by atoms with E-state index >= 15 is 0 Å². The molecule has 0 fully saturated rings. The summed E-state index contributed by atoms with van der Waals surface area (Å²) in [5, 5.41) is 8.73. The van der Waals surface area contributed by atoms with E-state index in [0.29, 0.717) is 16.1 Å². The summed E-state index contributed by atoms with van der Waals surface area (Å²) in [6, 6.07) is 14.4. The van der Waals surface area contributed by atoms with Crippen molar-refractivity contribution in [3.8, 4) is 0 Å². The predicted molar refractivity (Wildman–Crippen MR) is 107 cm³/mol. The van der Waals surface area contributed by atoms with Gasteiger partial charge in [-0.05, 0) is 51.1 Å². The van der Waals surface area contributed by atoms with Crippen LogP contribution in [-0.2, 0) is 4.74 Å². The van der Waals surface area contributed by atoms with Gasteiger partial charge in [0.1, 0.15) is 10.6 Å². The van der Waals surface area contributed by atoms with Gasteiger partial charge in [0.05, 0.1) is 5.39 Å². The van der Waals surface area contributed by atoms with Crippen LogP contribution < -0.4 is 16.7 Å². The Bertz CT molecular complexity index is 1040. The summed E-state index contributed by atoms with van der Waals surface area (Å²) in [6.07, 6.45) is -0.509. The lowest BCUT2D eigenvalue weighted by atomic mass is 10.2. The topological polar surface area (TPSA) is 99.2 Å². The number of ether oxygens (including phenoxy) is 1. The molecule has 0 aliphatic carbocycles. The Kier molecular flexibility index (Phi) is 5.09. The second-order valence-corrected chi connectivity index (χ2v) is 7.92. The van der Waals surface area contributed by atoms with Gasteiger partial charge in [-0.1, -0.05) is 30.0 Å². The van der Waals surface area contributed by atoms with E-state index < -0.39 is 11.7 Å². The number of anilines is 1. The number of hydrogen-bond acceptors (Lipinski definition) is 6. The summed E-state index contributed by atoms with van der Waals surface area (Å²) in [7, 11) is 0. The van der Waals surface area contributed by atoms with Crippen molar-refractivity contribution in [2.24, 2.45) is 0 Å². The van der Waals surface area contributed by atoms with Crippen LogP contribution in [0.25, 0.3) is 10.8 Å². The maximum Gasteiger partial charge on any atom is 0.412 e. The number of rotatable bonds is 3. The van der Waals surface area contributed by atoms with E-state index in [-0.39, 0.29) is 5.56 Å². The van der Waals surface area contributed by atoms with Crippen molar-refractivity contribution in [2.45, 2.75) is 36.3 Å². The Labute approximate surface area is 160 Å². The molecule has 7 nitrogen and oxygen atoms in total. The van der Waals surface area contributed by atoms with Gasteiger partial charge in [0.25, 0.3) is 5.56 Å². The normalized spacial score (nSPS) is 11.4. The molecule has 8 heteroatoms. The first-order chi connectivity index (χ1) is 12.7. The highest BCUT2D eigenvalue weighted by atomic mass is 32.2. The van der Waals surface area contributed by atoms with E-state index in [1.54, 1.807) is 45.0 Å². The summed E-state index contributed by atoms with van der Waals surface area (Å²) in [4.78, 5) is 25.7. The summed E-state index contributed by atoms with van der Waals surface area (Å²) in [6.45, 7) is 5.42. The number of nitrogens with one attached hydrogen (secondary N) is 1. The first kappa shape index (κ1) is 18.8. The van der Waals surface area contributed by atoms with Crippen molar-refractivity contribution in [2.75, 3.05) is 11.2 Å². The van der Waals surface area contributed by atoms with Gasteiger partial charge in [-0.25, -0.2) is 4.79 Å². The summed E-state index contributed by atoms with van der Waals surface area (Å²) in [5.74, 6) is 5.69. The molecular weight excluding hydrogens is 364 g/mol. The highest BCUT2D eigenvalue weighted by molar-refractivity contribution is 7.99. The Hall–Kier alpha value is -3.00. The minimum atomic E-state index is -0.558. The minimum absolute atomic E-state index is 0.341. The fourth-order valence-electron chi connectivity index (χ4n) is 2.39. The molecule has 0 atom stereocenters. The molecule has 0 bridgehead atoms. The van der Waals surface area contributed by atoms with Crippen molar-refractivity contribution in [3.05, 3.63) is 58.9 Å². The molecule has 0 saturated heterocycles. The van der Waals surface area contributed by atoms with Gasteiger partial charge in [0.2, 0.25) is 0 Å². The number of hydrogen-bond donors (Lipinski definition) is 2. The molecule has 1 heterocycles. The monoisotopic (exact) mass is 384 g/mol. The van der Waals surface area contributed by atoms with Crippen molar-refractivity contribution in [1.82, 2.24) is 9.89 Å². The number of amides is 1. The standard InChI is InChI=1S/C19H20N4O3S/c1-19(2,3)26-18(25)21-12-8-10-13(11-9-12)27-16-14-6-4-5-7-15(14)17(24)23(20)22-16/h4-11H,20H2,1-3H3,(H,21,25). The van der Waals surface area contributed by atoms with Crippen molar-refractivity contribution >= 4 is 34.3 Å². The molecule has 3 rings (SSSR count). The Morgan fingerprint density at radius 3 is 2.37 bits per heavy atom. The number of nitrogen functional groups attached to an aromatic ring is 1. The van der Waals surface area contributed by atoms with Crippen LogP contribution in [0.15, 0.2) is 63.2 Å². The molecule has 0 aliphatic heterocycles. The van der Waals surface area contributed by atoms with Crippen LogP contribution in [0.2, 0.25) is 0 Å². The smallest absolute Gasteiger partial charge is 0.412 e. The molecule has 3 aromatic rings. The maximum atomic E-state index is 12.1. The van der Waals surface area contributed by atoms with Crippen LogP contribution in [0, 0.1) is 0 Å². The average molecular weight is 384 g/mol. The van der Waals surface area contributed by atoms with Crippen LogP contribution in [0.4, 0.5) is 10.5 Å². The number of carbonyl (C=O) groups is 1. The van der Waals surface area contributed by atoms with Gasteiger partial charge in [-0.15, -0.1) is 9.89 Å². The lowest BCUT2D eigenvalue weighted by Gasteiger charge is -2.19. The highest BCUT2D eigenvalue weighted by Gasteiger charge is 2.16. The van der Waals surface area contributed by atoms with Gasteiger partial charge in [-0.2, -0.15) is 0 Å². The Morgan fingerprint density at radius 2 is 1.74 bits per heavy atom. The third kappa shape index (κ3) is 4.59. The van der Waals surface area contributed by atoms with Gasteiger partial charge in [0, 0.05) is 16.0 Å². The van der Waals surface area contributed by atoms with E-state index in [4.69, 9.17) is 10.6 Å². The zero-order chi connectivity index (χ0) is 19.6. The summed E-state index contributed by atoms with van der Waals surface area (Å²) >= 11 is 1.38. The number of nitrogens with two attached hydrogens (primary N) is 1. The molecule has 0 saturated carbocycles. The number of carbonyl (C=O) groups excluding carboxylic acids is 1. The summed E-state index contributed by atoms with van der Waals surface area (Å²) < 4.78 is 5.23. The van der Waals surface area contributed by atoms with Crippen LogP contribution >= 0.6 is 11.8 Å². The zero-order valence-electron chi connectivity index (χ0n) is 15.2. The third-order valence-electron chi connectivity index (χ3n) is 3.51. The number of fused-ring (bicyclic) bond motifs is 1. The van der Waals surface area contributed by atoms with Crippen molar-refractivity contribution < 1.29 is 9.53 Å². The molecule has 1 aromatic heterocycles. The van der Waals surface area contributed by atoms with E-state index in [0.717, 1.165) is 15.1 Å². The first-order valence-corrected chi connectivity index (χ1v) is 9.10. The Morgan fingerprint density at radius 1 is 1.11 bits per heavy atom. The van der Waals surface area contributed by atoms with Gasteiger partial charge in [-0.3, -0.25) is 10.1 Å². The molecule has 0 spiro atoms. The molecule has 0 unspecified atom stereocenters. The number of nitrogens with zero attached hydrogens (tertiary/aromatic N) is 2. The van der Waals surface area contributed by atoms with Gasteiger partial charge < -0.3 is 10.6 Å². The molecule has 0 aliphatic rings. The van der Waals surface area contributed by atoms with Crippen molar-refractivity contribution in [3.63, 3.8) is 0 Å². The lowest BCUT2D eigenvalue weighted by Crippen LogP contribution is -2.30. The molecule has 0 radical (unpaired) electrons. The van der Waals surface area contributed by atoms with Crippen LogP contribution in [-0.4, -0.2) is 21.6 Å². The average Bonchev–Trinajstić information content (AvgIpc) is 2.59. The quantitative estimate of drug-likeness (QED) is 0.669. The summed E-state index contributed by atoms with van der Waals surface area (Å²) in [5.41, 5.74) is -0.278. The lowest BCUT2D eigenvalue weighted by molar-refractivity contribution is 0.0636. The Balaban J connectivity index is 1.80. The second-order valence-electron chi connectivity index (χ2n) is 6.85. The van der Waals surface area contributed by atoms with Gasteiger partial charge in [0.15, 0.2) is 0 Å². The first-order valence-electron chi connectivity index (χ1n) is 8.28. The molecule has 140 valence electrons. The fraction of sp³-hybridized carbons (Fsp3) is 0.211. The van der Waals surface area contributed by atoms with E-state index in [1.165, 1.54) is 11.8 Å². The van der Waals surface area contributed by atoms with E-state index in [2.05, 4.69) is 10.4 Å². The second kappa shape index (κ2) is 7.32. The molecular formula is C19H20N4O3S. The van der Waals surface area contributed by atoms with Gasteiger partial charge >= 0.3 is 6.09 Å². The molecule has 1 amide bonds. The fourth-order valence-corrected chi connectivity index (χ4v) is 3.30. The molecule has 2 aromatic carbocycles. The zero-order valence-corrected chi connectivity index (χ0v) is 16.0. The number of aromatic nitrogens is 2. The largest absolute Gasteiger partial charge is 0.444 e. The van der Waals surface area contributed by atoms with E-state index in [9.17, 15) is 9.59 Å². The van der Waals surface area contributed by atoms with E-state index in [1.807, 2.05) is 24.3 Å². The van der Waals surface area contributed by atoms with Crippen molar-refractivity contribution in [1.29, 1.82) is 0 Å². The predicted octanol–water partition coefficient (Wildman–Crippen LogP) is 3.61. The van der Waals surface area contributed by atoms with Crippen LogP contribution in [0.5, 0.6) is 0 Å². The number of benzene rings is 2. The maximum absolute atomic E-state index is 12.1. The van der Waals surface area contributed by atoms with Crippen LogP contribution in [0.3, 0.4) is 0 Å². The molecule has 27 heavy (non-hydrogen) atoms. The molecule has 3 N–H and O–H groups in total. The highest BCUT2D eigenvalue weighted by Crippen LogP contribution is 2.31. The van der Waals surface area contributed by atoms with Crippen LogP contribution in [0.1, 0.15) is 20.8 Å².